The van der Waals surface area contributed by atoms with Gasteiger partial charge in [-0.25, -0.2) is 4.79 Å². The molecule has 7 nitrogen and oxygen atoms in total. The first-order chi connectivity index (χ1) is 22.2. The highest BCUT2D eigenvalue weighted by Crippen LogP contribution is 2.69. The summed E-state index contributed by atoms with van der Waals surface area (Å²) in [6, 6.07) is 29.1. The molecule has 1 N–H and O–H groups in total. The van der Waals surface area contributed by atoms with Gasteiger partial charge in [-0.1, -0.05) is 85.8 Å². The lowest BCUT2D eigenvalue weighted by Gasteiger charge is -2.54. The Bertz CT molecular complexity index is 1750. The van der Waals surface area contributed by atoms with E-state index in [0.717, 1.165) is 10.5 Å². The predicted molar refractivity (Wildman–Crippen MR) is 175 cm³/mol. The number of ether oxygens (including phenoxy) is 1. The van der Waals surface area contributed by atoms with E-state index in [1.54, 1.807) is 24.3 Å². The van der Waals surface area contributed by atoms with Crippen LogP contribution in [0.3, 0.4) is 0 Å². The summed E-state index contributed by atoms with van der Waals surface area (Å²) in [6.07, 6.45) is 0.779. The zero-order valence-corrected chi connectivity index (χ0v) is 26.4. The number of carbonyl (C=O) groups excluding carboxylic acids is 4. The summed E-state index contributed by atoms with van der Waals surface area (Å²) in [5.41, 5.74) is 4.27. The number of likely N-dealkylation sites (tertiary alicyclic amines) is 1. The molecule has 9 heteroatoms. The Morgan fingerprint density at radius 2 is 1.24 bits per heavy atom. The second kappa shape index (κ2) is 11.4. The Kier molecular flexibility index (Phi) is 7.49. The summed E-state index contributed by atoms with van der Waals surface area (Å²) >= 11 is 15.2. The molecule has 1 fully saturated rings. The number of esters is 1. The fourth-order valence-electron chi connectivity index (χ4n) is 7.33. The van der Waals surface area contributed by atoms with Crippen molar-refractivity contribution in [2.45, 2.75) is 35.6 Å². The fourth-order valence-corrected chi connectivity index (χ4v) is 8.43. The van der Waals surface area contributed by atoms with Crippen molar-refractivity contribution in [3.8, 4) is 0 Å². The van der Waals surface area contributed by atoms with Crippen molar-refractivity contribution in [2.75, 3.05) is 11.9 Å². The number of rotatable bonds is 8. The maximum absolute atomic E-state index is 14.6. The van der Waals surface area contributed by atoms with E-state index in [2.05, 4.69) is 5.32 Å². The van der Waals surface area contributed by atoms with Crippen LogP contribution in [-0.2, 0) is 35.3 Å². The third-order valence-electron chi connectivity index (χ3n) is 9.33. The molecule has 0 aromatic heterocycles. The topological polar surface area (TPSA) is 92.8 Å². The Morgan fingerprint density at radius 1 is 0.761 bits per heavy atom. The van der Waals surface area contributed by atoms with Gasteiger partial charge in [-0.15, -0.1) is 23.2 Å². The largest absolute Gasteiger partial charge is 0.462 e. The Hall–Kier alpha value is -4.46. The van der Waals surface area contributed by atoms with Crippen molar-refractivity contribution in [1.29, 1.82) is 0 Å². The maximum atomic E-state index is 14.6. The van der Waals surface area contributed by atoms with Gasteiger partial charge in [0.1, 0.15) is 15.8 Å². The minimum absolute atomic E-state index is 0.0789. The van der Waals surface area contributed by atoms with Crippen LogP contribution in [-0.4, -0.2) is 41.2 Å². The van der Waals surface area contributed by atoms with Crippen LogP contribution >= 0.6 is 23.2 Å². The van der Waals surface area contributed by atoms with Gasteiger partial charge in [-0.2, -0.15) is 0 Å². The standard InChI is InChI=1S/C37H30Cl2N2O5/c1-2-20-46-35(45)23-16-18-24(19-17-23)40-32(42)29(21-22-10-4-3-5-11-22)41-33(43)30-31(34(41)44)37(39)26-13-7-6-12-25(26)36(30,38)27-14-8-9-15-28(27)37/h3-19,29-31H,2,20-21H2,1H3,(H,40,42)/t29-,30-,31+,36?,37?/m0/s1. The first-order valence-corrected chi connectivity index (χ1v) is 16.0. The Morgan fingerprint density at radius 3 is 1.72 bits per heavy atom. The summed E-state index contributed by atoms with van der Waals surface area (Å²) in [5, 5.41) is 2.86. The van der Waals surface area contributed by atoms with Gasteiger partial charge >= 0.3 is 5.97 Å². The molecule has 3 atom stereocenters. The van der Waals surface area contributed by atoms with Crippen LogP contribution in [0.4, 0.5) is 5.69 Å². The average Bonchev–Trinajstić information content (AvgIpc) is 3.36. The van der Waals surface area contributed by atoms with E-state index in [9.17, 15) is 19.2 Å². The molecular formula is C37H30Cl2N2O5. The number of hydrogen-bond donors (Lipinski definition) is 1. The van der Waals surface area contributed by atoms with Crippen LogP contribution in [0.5, 0.6) is 0 Å². The monoisotopic (exact) mass is 652 g/mol. The second-order valence-electron chi connectivity index (χ2n) is 11.9. The van der Waals surface area contributed by atoms with E-state index >= 15 is 0 Å². The molecule has 1 aliphatic heterocycles. The number of amides is 3. The van der Waals surface area contributed by atoms with Crippen molar-refractivity contribution in [3.05, 3.63) is 137 Å². The molecule has 4 aliphatic rings. The first-order valence-electron chi connectivity index (χ1n) is 15.3. The lowest BCUT2D eigenvalue weighted by molar-refractivity contribution is -0.146. The molecule has 8 rings (SSSR count). The van der Waals surface area contributed by atoms with Crippen LogP contribution in [0.1, 0.15) is 51.5 Å². The number of carbonyl (C=O) groups is 4. The molecule has 0 saturated carbocycles. The minimum Gasteiger partial charge on any atom is -0.462 e. The van der Waals surface area contributed by atoms with Crippen molar-refractivity contribution in [3.63, 3.8) is 0 Å². The van der Waals surface area contributed by atoms with Crippen LogP contribution in [0.15, 0.2) is 103 Å². The molecule has 0 radical (unpaired) electrons. The van der Waals surface area contributed by atoms with Crippen molar-refractivity contribution in [2.24, 2.45) is 11.8 Å². The molecule has 3 amide bonds. The number of benzene rings is 4. The molecule has 4 aromatic rings. The fraction of sp³-hybridized carbons (Fsp3) is 0.243. The molecular weight excluding hydrogens is 623 g/mol. The number of nitrogens with zero attached hydrogens (tertiary/aromatic N) is 1. The molecule has 1 saturated heterocycles. The van der Waals surface area contributed by atoms with Gasteiger partial charge in [0, 0.05) is 12.1 Å². The third-order valence-corrected chi connectivity index (χ3v) is 10.6. The van der Waals surface area contributed by atoms with Crippen LogP contribution in [0.2, 0.25) is 0 Å². The van der Waals surface area contributed by atoms with Gasteiger partial charge in [0.15, 0.2) is 0 Å². The van der Waals surface area contributed by atoms with Crippen molar-refractivity contribution >= 4 is 52.6 Å². The summed E-state index contributed by atoms with van der Waals surface area (Å²) in [5.74, 6) is -4.14. The summed E-state index contributed by atoms with van der Waals surface area (Å²) < 4.78 is 5.20. The third kappa shape index (κ3) is 4.40. The zero-order valence-electron chi connectivity index (χ0n) is 24.9. The molecule has 46 heavy (non-hydrogen) atoms. The molecule has 0 spiro atoms. The maximum Gasteiger partial charge on any atom is 0.338 e. The summed E-state index contributed by atoms with van der Waals surface area (Å²) in [6.45, 7) is 2.21. The van der Waals surface area contributed by atoms with E-state index in [0.29, 0.717) is 46.5 Å². The Labute approximate surface area is 276 Å². The number of imide groups is 1. The van der Waals surface area contributed by atoms with Gasteiger partial charge in [-0.3, -0.25) is 19.3 Å². The molecule has 0 unspecified atom stereocenters. The normalized spacial score (nSPS) is 24.5. The quantitative estimate of drug-likeness (QED) is 0.135. The molecule has 4 aromatic carbocycles. The van der Waals surface area contributed by atoms with Gasteiger partial charge in [0.05, 0.1) is 24.0 Å². The average molecular weight is 654 g/mol. The number of halogens is 2. The molecule has 2 bridgehead atoms. The number of nitrogens with one attached hydrogen (secondary N) is 1. The van der Waals surface area contributed by atoms with Gasteiger partial charge in [0.2, 0.25) is 17.7 Å². The van der Waals surface area contributed by atoms with Crippen molar-refractivity contribution < 1.29 is 23.9 Å². The van der Waals surface area contributed by atoms with Crippen LogP contribution in [0, 0.1) is 11.8 Å². The lowest BCUT2D eigenvalue weighted by atomic mass is 9.54. The highest BCUT2D eigenvalue weighted by atomic mass is 35.5. The number of hydrogen-bond acceptors (Lipinski definition) is 5. The number of anilines is 1. The minimum atomic E-state index is -1.36. The molecule has 1 heterocycles. The summed E-state index contributed by atoms with van der Waals surface area (Å²) in [7, 11) is 0. The first kappa shape index (κ1) is 30.2. The lowest BCUT2D eigenvalue weighted by Crippen LogP contribution is -2.57. The Balaban J connectivity index is 1.27. The molecule has 3 aliphatic carbocycles. The van der Waals surface area contributed by atoms with E-state index in [1.165, 1.54) is 0 Å². The SMILES string of the molecule is CCCOC(=O)c1ccc(NC(=O)[C@H](Cc2ccccc2)N2C(=O)[C@@H]3[C@H](C2=O)C2(Cl)c4ccccc4C3(Cl)c3ccccc32)cc1. The van der Waals surface area contributed by atoms with Gasteiger partial charge < -0.3 is 10.1 Å². The van der Waals surface area contributed by atoms with E-state index in [4.69, 9.17) is 27.9 Å². The van der Waals surface area contributed by atoms with Crippen LogP contribution in [0.25, 0.3) is 0 Å². The van der Waals surface area contributed by atoms with E-state index in [1.807, 2.05) is 85.8 Å². The predicted octanol–water partition coefficient (Wildman–Crippen LogP) is 6.40. The number of alkyl halides is 2. The van der Waals surface area contributed by atoms with Gasteiger partial charge in [0.25, 0.3) is 0 Å². The zero-order chi connectivity index (χ0) is 32.2. The highest BCUT2D eigenvalue weighted by molar-refractivity contribution is 6.36. The van der Waals surface area contributed by atoms with Crippen LogP contribution < -0.4 is 5.32 Å². The second-order valence-corrected chi connectivity index (χ2v) is 13.1. The van der Waals surface area contributed by atoms with E-state index in [-0.39, 0.29) is 6.42 Å². The van der Waals surface area contributed by atoms with Crippen molar-refractivity contribution in [1.82, 2.24) is 4.90 Å². The van der Waals surface area contributed by atoms with Gasteiger partial charge in [-0.05, 0) is 58.5 Å². The smallest absolute Gasteiger partial charge is 0.338 e. The van der Waals surface area contributed by atoms with E-state index < -0.39 is 51.3 Å². The molecule has 232 valence electrons. The summed E-state index contributed by atoms with van der Waals surface area (Å²) in [4.78, 5) is 54.0. The highest BCUT2D eigenvalue weighted by Gasteiger charge is 2.73.